The van der Waals surface area contributed by atoms with E-state index >= 15 is 0 Å². The third-order valence-corrected chi connectivity index (χ3v) is 4.94. The van der Waals surface area contributed by atoms with Crippen molar-refractivity contribution in [2.45, 2.75) is 52.0 Å². The fourth-order valence-electron chi connectivity index (χ4n) is 3.56. The molecule has 1 aromatic carbocycles. The zero-order valence-electron chi connectivity index (χ0n) is 13.7. The molecule has 2 aromatic rings. The molecule has 0 radical (unpaired) electrons. The molecule has 3 nitrogen and oxygen atoms in total. The first-order valence-corrected chi connectivity index (χ1v) is 8.60. The maximum absolute atomic E-state index is 12.3. The molecule has 1 fully saturated rings. The van der Waals surface area contributed by atoms with Gasteiger partial charge in [-0.1, -0.05) is 26.0 Å². The van der Waals surface area contributed by atoms with Gasteiger partial charge in [0.05, 0.1) is 6.42 Å². The molecule has 1 saturated heterocycles. The highest BCUT2D eigenvalue weighted by Gasteiger charge is 2.18. The largest absolute Gasteiger partial charge is 0.344 e. The smallest absolute Gasteiger partial charge is 0.226 e. The van der Waals surface area contributed by atoms with Crippen molar-refractivity contribution >= 4 is 16.8 Å². The Kier molecular flexibility index (Phi) is 4.51. The first-order chi connectivity index (χ1) is 10.7. The standard InChI is InChI=1S/C19H26N2O/c1-3-17(4-2)21-12-9-16-8-7-15(13-18(16)21)14-19(22)20-10-5-6-11-20/h7-9,12-13,17H,3-6,10-11,14H2,1-2H3. The van der Waals surface area contributed by atoms with Crippen LogP contribution in [0.5, 0.6) is 0 Å². The average Bonchev–Trinajstić information content (AvgIpc) is 3.18. The summed E-state index contributed by atoms with van der Waals surface area (Å²) in [5.41, 5.74) is 2.40. The molecule has 0 spiro atoms. The fourth-order valence-corrected chi connectivity index (χ4v) is 3.56. The molecule has 2 heterocycles. The second kappa shape index (κ2) is 6.55. The molecule has 0 N–H and O–H groups in total. The number of fused-ring (bicyclic) bond motifs is 1. The van der Waals surface area contributed by atoms with Crippen LogP contribution in [0.3, 0.4) is 0 Å². The van der Waals surface area contributed by atoms with Gasteiger partial charge < -0.3 is 9.47 Å². The summed E-state index contributed by atoms with van der Waals surface area (Å²) in [6.45, 7) is 6.35. The van der Waals surface area contributed by atoms with E-state index < -0.39 is 0 Å². The van der Waals surface area contributed by atoms with Crippen LogP contribution >= 0.6 is 0 Å². The van der Waals surface area contributed by atoms with Crippen LogP contribution in [-0.2, 0) is 11.2 Å². The average molecular weight is 298 g/mol. The van der Waals surface area contributed by atoms with Gasteiger partial charge >= 0.3 is 0 Å². The number of carbonyl (C=O) groups is 1. The van der Waals surface area contributed by atoms with E-state index in [9.17, 15) is 4.79 Å². The van der Waals surface area contributed by atoms with E-state index in [0.717, 1.165) is 44.3 Å². The summed E-state index contributed by atoms with van der Waals surface area (Å²) in [7, 11) is 0. The lowest BCUT2D eigenvalue weighted by atomic mass is 10.1. The molecule has 3 heteroatoms. The number of nitrogens with zero attached hydrogens (tertiary/aromatic N) is 2. The second-order valence-corrected chi connectivity index (χ2v) is 6.35. The minimum absolute atomic E-state index is 0.275. The van der Waals surface area contributed by atoms with Gasteiger partial charge in [-0.05, 0) is 48.8 Å². The summed E-state index contributed by atoms with van der Waals surface area (Å²) < 4.78 is 2.37. The molecule has 3 rings (SSSR count). The molecular weight excluding hydrogens is 272 g/mol. The van der Waals surface area contributed by atoms with Crippen molar-refractivity contribution in [3.8, 4) is 0 Å². The van der Waals surface area contributed by atoms with E-state index in [4.69, 9.17) is 0 Å². The summed E-state index contributed by atoms with van der Waals surface area (Å²) in [5.74, 6) is 0.275. The van der Waals surface area contributed by atoms with Gasteiger partial charge in [-0.25, -0.2) is 0 Å². The van der Waals surface area contributed by atoms with Crippen LogP contribution in [0.1, 0.15) is 51.1 Å². The van der Waals surface area contributed by atoms with Gasteiger partial charge in [0.2, 0.25) is 5.91 Å². The summed E-state index contributed by atoms with van der Waals surface area (Å²) in [6.07, 6.45) is 7.30. The van der Waals surface area contributed by atoms with Crippen LogP contribution < -0.4 is 0 Å². The van der Waals surface area contributed by atoms with Gasteiger partial charge in [-0.3, -0.25) is 4.79 Å². The van der Waals surface area contributed by atoms with E-state index in [0.29, 0.717) is 12.5 Å². The molecule has 0 bridgehead atoms. The predicted molar refractivity (Wildman–Crippen MR) is 91.1 cm³/mol. The third kappa shape index (κ3) is 2.90. The van der Waals surface area contributed by atoms with Gasteiger partial charge in [0.15, 0.2) is 0 Å². The molecule has 0 atom stereocenters. The summed E-state index contributed by atoms with van der Waals surface area (Å²) in [6, 6.07) is 9.19. The third-order valence-electron chi connectivity index (χ3n) is 4.94. The van der Waals surface area contributed by atoms with Gasteiger partial charge in [0.1, 0.15) is 0 Å². The van der Waals surface area contributed by atoms with Crippen molar-refractivity contribution in [3.05, 3.63) is 36.0 Å². The second-order valence-electron chi connectivity index (χ2n) is 6.35. The normalized spacial score (nSPS) is 15.1. The molecule has 1 aromatic heterocycles. The Labute approximate surface area is 132 Å². The number of likely N-dealkylation sites (tertiary alicyclic amines) is 1. The van der Waals surface area contributed by atoms with Crippen LogP contribution in [0.25, 0.3) is 10.9 Å². The molecule has 1 amide bonds. The summed E-state index contributed by atoms with van der Waals surface area (Å²) >= 11 is 0. The Morgan fingerprint density at radius 3 is 2.55 bits per heavy atom. The Hall–Kier alpha value is -1.77. The number of carbonyl (C=O) groups excluding carboxylic acids is 1. The first kappa shape index (κ1) is 15.1. The number of hydrogen-bond donors (Lipinski definition) is 0. The molecule has 118 valence electrons. The van der Waals surface area contributed by atoms with Crippen LogP contribution in [0, 0.1) is 0 Å². The highest BCUT2D eigenvalue weighted by atomic mass is 16.2. The topological polar surface area (TPSA) is 25.2 Å². The van der Waals surface area contributed by atoms with Crippen molar-refractivity contribution in [2.24, 2.45) is 0 Å². The van der Waals surface area contributed by atoms with E-state index in [1.54, 1.807) is 0 Å². The lowest BCUT2D eigenvalue weighted by molar-refractivity contribution is -0.129. The number of amides is 1. The monoisotopic (exact) mass is 298 g/mol. The van der Waals surface area contributed by atoms with Gasteiger partial charge in [-0.15, -0.1) is 0 Å². The van der Waals surface area contributed by atoms with Crippen LogP contribution in [0.15, 0.2) is 30.5 Å². The minimum Gasteiger partial charge on any atom is -0.344 e. The zero-order valence-corrected chi connectivity index (χ0v) is 13.7. The quantitative estimate of drug-likeness (QED) is 0.813. The number of aromatic nitrogens is 1. The lowest BCUT2D eigenvalue weighted by Crippen LogP contribution is -2.29. The molecular formula is C19H26N2O. The predicted octanol–water partition coefficient (Wildman–Crippen LogP) is 4.17. The van der Waals surface area contributed by atoms with Gasteiger partial charge in [0.25, 0.3) is 0 Å². The van der Waals surface area contributed by atoms with Crippen molar-refractivity contribution < 1.29 is 4.79 Å². The molecule has 1 aliphatic heterocycles. The number of hydrogen-bond acceptors (Lipinski definition) is 1. The maximum atomic E-state index is 12.3. The Bertz CT molecular complexity index is 648. The zero-order chi connectivity index (χ0) is 15.5. The first-order valence-electron chi connectivity index (χ1n) is 8.60. The Morgan fingerprint density at radius 1 is 1.14 bits per heavy atom. The maximum Gasteiger partial charge on any atom is 0.226 e. The fraction of sp³-hybridized carbons (Fsp3) is 0.526. The lowest BCUT2D eigenvalue weighted by Gasteiger charge is -2.17. The molecule has 1 aliphatic rings. The minimum atomic E-state index is 0.275. The van der Waals surface area contributed by atoms with Gasteiger partial charge in [0, 0.05) is 30.8 Å². The molecule has 0 unspecified atom stereocenters. The van der Waals surface area contributed by atoms with Gasteiger partial charge in [-0.2, -0.15) is 0 Å². The molecule has 0 aliphatic carbocycles. The molecule has 22 heavy (non-hydrogen) atoms. The van der Waals surface area contributed by atoms with E-state index in [1.165, 1.54) is 10.9 Å². The van der Waals surface area contributed by atoms with Crippen molar-refractivity contribution in [3.63, 3.8) is 0 Å². The SMILES string of the molecule is CCC(CC)n1ccc2ccc(CC(=O)N3CCCC3)cc21. The summed E-state index contributed by atoms with van der Waals surface area (Å²) in [5, 5.41) is 1.27. The summed E-state index contributed by atoms with van der Waals surface area (Å²) in [4.78, 5) is 14.3. The highest BCUT2D eigenvalue weighted by Crippen LogP contribution is 2.25. The van der Waals surface area contributed by atoms with E-state index in [1.807, 2.05) is 4.90 Å². The van der Waals surface area contributed by atoms with E-state index in [-0.39, 0.29) is 5.91 Å². The van der Waals surface area contributed by atoms with Crippen molar-refractivity contribution in [2.75, 3.05) is 13.1 Å². The Morgan fingerprint density at radius 2 is 1.86 bits per heavy atom. The molecule has 0 saturated carbocycles. The van der Waals surface area contributed by atoms with Crippen molar-refractivity contribution in [1.82, 2.24) is 9.47 Å². The number of rotatable bonds is 5. The Balaban J connectivity index is 1.84. The van der Waals surface area contributed by atoms with Crippen molar-refractivity contribution in [1.29, 1.82) is 0 Å². The van der Waals surface area contributed by atoms with E-state index in [2.05, 4.69) is 48.9 Å². The number of benzene rings is 1. The van der Waals surface area contributed by atoms with Crippen LogP contribution in [0.4, 0.5) is 0 Å². The van der Waals surface area contributed by atoms with Crippen LogP contribution in [-0.4, -0.2) is 28.5 Å². The highest BCUT2D eigenvalue weighted by molar-refractivity contribution is 5.84. The van der Waals surface area contributed by atoms with Crippen LogP contribution in [0.2, 0.25) is 0 Å².